The number of carbonyl (C=O) groups is 1. The van der Waals surface area contributed by atoms with Gasteiger partial charge in [-0.2, -0.15) is 13.2 Å². The van der Waals surface area contributed by atoms with Crippen LogP contribution in [0.4, 0.5) is 17.6 Å². The van der Waals surface area contributed by atoms with Crippen LogP contribution in [0, 0.1) is 5.82 Å². The normalized spacial score (nSPS) is 11.9. The van der Waals surface area contributed by atoms with Gasteiger partial charge in [0, 0.05) is 6.54 Å². The van der Waals surface area contributed by atoms with Gasteiger partial charge >= 0.3 is 12.1 Å². The van der Waals surface area contributed by atoms with Crippen LogP contribution in [0.25, 0.3) is 0 Å². The van der Waals surface area contributed by atoms with Gasteiger partial charge in [-0.25, -0.2) is 9.18 Å². The molecule has 1 aromatic carbocycles. The Balaban J connectivity index is 3.42. The SMILES string of the molecule is CN(C)Cc1cc(F)c(C(=O)O)cc1C(F)(F)F. The lowest BCUT2D eigenvalue weighted by Gasteiger charge is -2.17. The second-order valence-electron chi connectivity index (χ2n) is 4.03. The van der Waals surface area contributed by atoms with Crippen molar-refractivity contribution in [1.29, 1.82) is 0 Å². The summed E-state index contributed by atoms with van der Waals surface area (Å²) in [4.78, 5) is 12.1. The van der Waals surface area contributed by atoms with Gasteiger partial charge in [0.15, 0.2) is 0 Å². The number of alkyl halides is 3. The number of halogens is 4. The topological polar surface area (TPSA) is 40.5 Å². The molecule has 0 heterocycles. The second kappa shape index (κ2) is 4.93. The average Bonchev–Trinajstić information content (AvgIpc) is 2.13. The minimum Gasteiger partial charge on any atom is -0.478 e. The quantitative estimate of drug-likeness (QED) is 0.854. The van der Waals surface area contributed by atoms with E-state index in [1.807, 2.05) is 0 Å². The summed E-state index contributed by atoms with van der Waals surface area (Å²) < 4.78 is 51.6. The summed E-state index contributed by atoms with van der Waals surface area (Å²) in [5, 5.41) is 8.61. The van der Waals surface area contributed by atoms with Gasteiger partial charge < -0.3 is 10.0 Å². The molecule has 0 radical (unpaired) electrons. The van der Waals surface area contributed by atoms with Crippen LogP contribution in [-0.2, 0) is 12.7 Å². The zero-order valence-electron chi connectivity index (χ0n) is 9.68. The fraction of sp³-hybridized carbons (Fsp3) is 0.364. The van der Waals surface area contributed by atoms with E-state index in [9.17, 15) is 22.4 Å². The number of nitrogens with zero attached hydrogens (tertiary/aromatic N) is 1. The number of hydrogen-bond acceptors (Lipinski definition) is 2. The first-order chi connectivity index (χ1) is 8.12. The molecule has 1 aromatic rings. The van der Waals surface area contributed by atoms with Crippen molar-refractivity contribution in [2.45, 2.75) is 12.7 Å². The summed E-state index contributed by atoms with van der Waals surface area (Å²) in [5.74, 6) is -2.90. The zero-order valence-corrected chi connectivity index (χ0v) is 9.68. The molecule has 0 amide bonds. The lowest BCUT2D eigenvalue weighted by atomic mass is 10.0. The largest absolute Gasteiger partial charge is 0.478 e. The lowest BCUT2D eigenvalue weighted by Crippen LogP contribution is -2.18. The summed E-state index contributed by atoms with van der Waals surface area (Å²) in [5.41, 5.74) is -2.41. The predicted octanol–water partition coefficient (Wildman–Crippen LogP) is 2.60. The van der Waals surface area contributed by atoms with Gasteiger partial charge in [-0.15, -0.1) is 0 Å². The molecule has 0 aliphatic rings. The fourth-order valence-corrected chi connectivity index (χ4v) is 1.51. The second-order valence-corrected chi connectivity index (χ2v) is 4.03. The van der Waals surface area contributed by atoms with Crippen LogP contribution < -0.4 is 0 Å². The molecule has 0 fully saturated rings. The molecule has 1 N–H and O–H groups in total. The Kier molecular flexibility index (Phi) is 3.95. The van der Waals surface area contributed by atoms with Gasteiger partial charge in [-0.05, 0) is 31.8 Å². The van der Waals surface area contributed by atoms with Crippen LogP contribution in [-0.4, -0.2) is 30.1 Å². The standard InChI is InChI=1S/C11H11F4NO2/c1-16(2)5-6-3-9(12)7(10(17)18)4-8(6)11(13,14)15/h3-4H,5H2,1-2H3,(H,17,18). The maximum Gasteiger partial charge on any atom is 0.416 e. The van der Waals surface area contributed by atoms with Crippen molar-refractivity contribution in [2.75, 3.05) is 14.1 Å². The molecule has 0 atom stereocenters. The van der Waals surface area contributed by atoms with Crippen molar-refractivity contribution >= 4 is 5.97 Å². The van der Waals surface area contributed by atoms with Crippen LogP contribution in [0.1, 0.15) is 21.5 Å². The molecular weight excluding hydrogens is 254 g/mol. The van der Waals surface area contributed by atoms with Crippen LogP contribution in [0.5, 0.6) is 0 Å². The summed E-state index contributed by atoms with van der Waals surface area (Å²) in [6.45, 7) is -0.133. The van der Waals surface area contributed by atoms with E-state index in [1.54, 1.807) is 0 Å². The van der Waals surface area contributed by atoms with Crippen LogP contribution in [0.2, 0.25) is 0 Å². The van der Waals surface area contributed by atoms with Crippen molar-refractivity contribution in [3.05, 3.63) is 34.6 Å². The summed E-state index contributed by atoms with van der Waals surface area (Å²) in [6.07, 6.45) is -4.72. The van der Waals surface area contributed by atoms with Crippen LogP contribution in [0.3, 0.4) is 0 Å². The molecule has 0 aliphatic carbocycles. The highest BCUT2D eigenvalue weighted by atomic mass is 19.4. The highest BCUT2D eigenvalue weighted by Gasteiger charge is 2.35. The Morgan fingerprint density at radius 3 is 2.28 bits per heavy atom. The van der Waals surface area contributed by atoms with E-state index < -0.39 is 29.1 Å². The summed E-state index contributed by atoms with van der Waals surface area (Å²) in [6, 6.07) is 0.947. The molecular formula is C11H11F4NO2. The number of benzene rings is 1. The van der Waals surface area contributed by atoms with E-state index in [0.29, 0.717) is 12.1 Å². The molecule has 0 spiro atoms. The van der Waals surface area contributed by atoms with Crippen molar-refractivity contribution in [3.8, 4) is 0 Å². The summed E-state index contributed by atoms with van der Waals surface area (Å²) >= 11 is 0. The highest BCUT2D eigenvalue weighted by molar-refractivity contribution is 5.88. The molecule has 3 nitrogen and oxygen atoms in total. The van der Waals surface area contributed by atoms with E-state index in [2.05, 4.69) is 0 Å². The number of rotatable bonds is 3. The average molecular weight is 265 g/mol. The molecule has 18 heavy (non-hydrogen) atoms. The van der Waals surface area contributed by atoms with Gasteiger partial charge in [-0.1, -0.05) is 0 Å². The third-order valence-corrected chi connectivity index (χ3v) is 2.22. The third kappa shape index (κ3) is 3.19. The fourth-order valence-electron chi connectivity index (χ4n) is 1.51. The number of carboxylic acids is 1. The molecule has 0 aromatic heterocycles. The Morgan fingerprint density at radius 2 is 1.89 bits per heavy atom. The van der Waals surface area contributed by atoms with E-state index in [4.69, 9.17) is 5.11 Å². The smallest absolute Gasteiger partial charge is 0.416 e. The molecule has 1 rings (SSSR count). The Bertz CT molecular complexity index is 469. The Labute approximate surface area is 101 Å². The first kappa shape index (κ1) is 14.4. The van der Waals surface area contributed by atoms with Gasteiger partial charge in [0.25, 0.3) is 0 Å². The van der Waals surface area contributed by atoms with Gasteiger partial charge in [-0.3, -0.25) is 0 Å². The van der Waals surface area contributed by atoms with Crippen LogP contribution >= 0.6 is 0 Å². The molecule has 0 saturated heterocycles. The highest BCUT2D eigenvalue weighted by Crippen LogP contribution is 2.34. The number of carboxylic acid groups (broad SMARTS) is 1. The molecule has 100 valence electrons. The summed E-state index contributed by atoms with van der Waals surface area (Å²) in [7, 11) is 3.06. The van der Waals surface area contributed by atoms with Crippen molar-refractivity contribution < 1.29 is 27.5 Å². The van der Waals surface area contributed by atoms with E-state index in [0.717, 1.165) is 0 Å². The van der Waals surface area contributed by atoms with Crippen molar-refractivity contribution in [3.63, 3.8) is 0 Å². The maximum absolute atomic E-state index is 13.4. The monoisotopic (exact) mass is 265 g/mol. The Morgan fingerprint density at radius 1 is 1.33 bits per heavy atom. The first-order valence-electron chi connectivity index (χ1n) is 4.90. The molecule has 0 saturated carbocycles. The van der Waals surface area contributed by atoms with Crippen LogP contribution in [0.15, 0.2) is 12.1 Å². The van der Waals surface area contributed by atoms with E-state index in [1.165, 1.54) is 19.0 Å². The number of aromatic carboxylic acids is 1. The lowest BCUT2D eigenvalue weighted by molar-refractivity contribution is -0.138. The molecule has 7 heteroatoms. The van der Waals surface area contributed by atoms with Crippen molar-refractivity contribution in [2.24, 2.45) is 0 Å². The minimum absolute atomic E-state index is 0.133. The minimum atomic E-state index is -4.72. The number of hydrogen-bond donors (Lipinski definition) is 1. The maximum atomic E-state index is 13.4. The molecule has 0 aliphatic heterocycles. The van der Waals surface area contributed by atoms with Crippen molar-refractivity contribution in [1.82, 2.24) is 4.90 Å². The van der Waals surface area contributed by atoms with E-state index >= 15 is 0 Å². The van der Waals surface area contributed by atoms with Gasteiger partial charge in [0.2, 0.25) is 0 Å². The Hall–Kier alpha value is -1.63. The van der Waals surface area contributed by atoms with E-state index in [-0.39, 0.29) is 12.1 Å². The first-order valence-corrected chi connectivity index (χ1v) is 4.90. The van der Waals surface area contributed by atoms with Gasteiger partial charge in [0.05, 0.1) is 11.1 Å². The zero-order chi connectivity index (χ0) is 14.1. The third-order valence-electron chi connectivity index (χ3n) is 2.22. The molecule has 0 unspecified atom stereocenters. The molecule has 0 bridgehead atoms. The van der Waals surface area contributed by atoms with Gasteiger partial charge in [0.1, 0.15) is 5.82 Å². The predicted molar refractivity (Wildman–Crippen MR) is 55.8 cm³/mol.